The van der Waals surface area contributed by atoms with Gasteiger partial charge in [0.05, 0.1) is 38.7 Å². The van der Waals surface area contributed by atoms with Crippen molar-refractivity contribution in [2.75, 3.05) is 20.3 Å². The van der Waals surface area contributed by atoms with Gasteiger partial charge in [0.15, 0.2) is 17.7 Å². The van der Waals surface area contributed by atoms with Crippen LogP contribution in [-0.4, -0.2) is 49.9 Å². The number of urea groups is 1. The number of allylic oxidation sites excluding steroid dienone is 1. The van der Waals surface area contributed by atoms with E-state index >= 15 is 0 Å². The number of rotatable bonds is 13. The zero-order valence-corrected chi connectivity index (χ0v) is 29.6. The van der Waals surface area contributed by atoms with Gasteiger partial charge in [-0.1, -0.05) is 29.8 Å². The lowest BCUT2D eigenvalue weighted by molar-refractivity contribution is -0.136. The van der Waals surface area contributed by atoms with Crippen LogP contribution >= 0.6 is 56.8 Å². The normalized spacial score (nSPS) is 15.3. The number of nitrogens with one attached hydrogen (secondary N) is 3. The molecule has 0 aliphatic carbocycles. The van der Waals surface area contributed by atoms with Crippen LogP contribution in [-0.2, 0) is 16.1 Å². The number of amides is 2. The molecule has 4 N–H and O–H groups in total. The Morgan fingerprint density at radius 2 is 1.80 bits per heavy atom. The quantitative estimate of drug-likeness (QED) is 0.0570. The minimum atomic E-state index is -1.13. The zero-order chi connectivity index (χ0) is 32.5. The number of benzene rings is 3. The van der Waals surface area contributed by atoms with Crippen LogP contribution in [0.1, 0.15) is 36.6 Å². The first-order chi connectivity index (χ1) is 21.6. The third-order valence-corrected chi connectivity index (χ3v) is 8.28. The van der Waals surface area contributed by atoms with Crippen molar-refractivity contribution in [3.63, 3.8) is 0 Å². The summed E-state index contributed by atoms with van der Waals surface area (Å²) < 4.78 is 24.4. The van der Waals surface area contributed by atoms with Gasteiger partial charge in [0, 0.05) is 10.7 Å². The van der Waals surface area contributed by atoms with Crippen molar-refractivity contribution in [2.45, 2.75) is 32.7 Å². The molecule has 1 aliphatic rings. The lowest BCUT2D eigenvalue weighted by atomic mass is 9.95. The monoisotopic (exact) mass is 860 g/mol. The van der Waals surface area contributed by atoms with Gasteiger partial charge in [-0.25, -0.2) is 9.59 Å². The second-order valence-corrected chi connectivity index (χ2v) is 12.4. The third kappa shape index (κ3) is 9.37. The number of methoxy groups -OCH3 is 1. The van der Waals surface area contributed by atoms with Gasteiger partial charge in [-0.3, -0.25) is 5.43 Å². The maximum absolute atomic E-state index is 12.4. The van der Waals surface area contributed by atoms with E-state index in [4.69, 9.17) is 30.5 Å². The van der Waals surface area contributed by atoms with Crippen LogP contribution in [0.15, 0.2) is 71.0 Å². The summed E-state index contributed by atoms with van der Waals surface area (Å²) in [4.78, 5) is 24.6. The number of nitrogens with zero attached hydrogens (tertiary/aromatic N) is 1. The second kappa shape index (κ2) is 16.3. The van der Waals surface area contributed by atoms with E-state index in [1.807, 2.05) is 43.3 Å². The van der Waals surface area contributed by atoms with E-state index < -0.39 is 24.3 Å². The average Bonchev–Trinajstić information content (AvgIpc) is 3.00. The van der Waals surface area contributed by atoms with Gasteiger partial charge >= 0.3 is 12.0 Å². The van der Waals surface area contributed by atoms with Crippen molar-refractivity contribution in [3.8, 4) is 17.2 Å². The number of carbonyl (C=O) groups is 2. The number of ether oxygens (including phenoxy) is 4. The molecule has 0 aromatic heterocycles. The number of halogens is 3. The number of esters is 1. The van der Waals surface area contributed by atoms with Crippen LogP contribution in [0.2, 0.25) is 5.02 Å². The molecule has 0 saturated carbocycles. The molecule has 1 heterocycles. The van der Waals surface area contributed by atoms with Crippen molar-refractivity contribution in [1.82, 2.24) is 16.1 Å². The molecule has 0 unspecified atom stereocenters. The van der Waals surface area contributed by atoms with Gasteiger partial charge in [-0.2, -0.15) is 5.10 Å². The molecule has 45 heavy (non-hydrogen) atoms. The molecule has 0 saturated heterocycles. The van der Waals surface area contributed by atoms with Gasteiger partial charge in [0.25, 0.3) is 0 Å². The minimum absolute atomic E-state index is 0.139. The van der Waals surface area contributed by atoms with E-state index in [1.165, 1.54) is 7.11 Å². The highest BCUT2D eigenvalue weighted by molar-refractivity contribution is 14.1. The fourth-order valence-electron chi connectivity index (χ4n) is 4.35. The Morgan fingerprint density at radius 1 is 1.09 bits per heavy atom. The third-order valence-electron chi connectivity index (χ3n) is 6.43. The Hall–Kier alpha value is -3.28. The number of carbonyl (C=O) groups excluding carboxylic acids is 2. The molecule has 11 nitrogen and oxygen atoms in total. The molecule has 0 spiro atoms. The highest BCUT2D eigenvalue weighted by atomic mass is 127. The van der Waals surface area contributed by atoms with Crippen molar-refractivity contribution < 1.29 is 33.6 Å². The van der Waals surface area contributed by atoms with E-state index in [0.29, 0.717) is 41.0 Å². The number of aliphatic hydroxyl groups is 1. The van der Waals surface area contributed by atoms with Crippen LogP contribution in [0.5, 0.6) is 17.2 Å². The maximum atomic E-state index is 12.4. The lowest BCUT2D eigenvalue weighted by Crippen LogP contribution is -2.45. The molecule has 3 aromatic carbocycles. The first kappa shape index (κ1) is 34.6. The van der Waals surface area contributed by atoms with Crippen LogP contribution < -0.4 is 30.3 Å². The van der Waals surface area contributed by atoms with Gasteiger partial charge in [-0.15, -0.1) is 0 Å². The van der Waals surface area contributed by atoms with Crippen molar-refractivity contribution in [1.29, 1.82) is 0 Å². The highest BCUT2D eigenvalue weighted by Crippen LogP contribution is 2.35. The second-order valence-electron chi connectivity index (χ2n) is 9.64. The Kier molecular flexibility index (Phi) is 12.6. The molecule has 0 bridgehead atoms. The fraction of sp³-hybridized carbons (Fsp3) is 0.258. The lowest BCUT2D eigenvalue weighted by Gasteiger charge is -2.28. The summed E-state index contributed by atoms with van der Waals surface area (Å²) in [5.41, 5.74) is 5.74. The Labute approximate surface area is 293 Å². The van der Waals surface area contributed by atoms with Crippen LogP contribution in [0.3, 0.4) is 0 Å². The predicted octanol–water partition coefficient (Wildman–Crippen LogP) is 5.65. The largest absolute Gasteiger partial charge is 0.490 e. The number of hydrogen-bond acceptors (Lipinski definition) is 9. The number of aliphatic hydroxyl groups excluding tert-OH is 1. The van der Waals surface area contributed by atoms with Crippen LogP contribution in [0.4, 0.5) is 4.79 Å². The van der Waals surface area contributed by atoms with Gasteiger partial charge in [-0.05, 0) is 112 Å². The molecule has 3 aromatic rings. The maximum Gasteiger partial charge on any atom is 0.337 e. The fourth-order valence-corrected chi connectivity index (χ4v) is 6.60. The Morgan fingerprint density at radius 3 is 2.47 bits per heavy atom. The first-order valence-corrected chi connectivity index (χ1v) is 16.2. The van der Waals surface area contributed by atoms with E-state index in [2.05, 4.69) is 66.3 Å². The predicted molar refractivity (Wildman–Crippen MR) is 187 cm³/mol. The summed E-state index contributed by atoms with van der Waals surface area (Å²) in [5, 5.41) is 20.6. The van der Waals surface area contributed by atoms with Crippen LogP contribution in [0, 0.1) is 7.14 Å². The summed E-state index contributed by atoms with van der Waals surface area (Å²) in [5.74, 6) is 0.948. The number of hydrazone groups is 1. The summed E-state index contributed by atoms with van der Waals surface area (Å²) in [7, 11) is 1.28. The molecule has 0 fully saturated rings. The minimum Gasteiger partial charge on any atom is -0.490 e. The Balaban J connectivity index is 1.37. The van der Waals surface area contributed by atoms with Gasteiger partial charge in [0.2, 0.25) is 0 Å². The zero-order valence-electron chi connectivity index (χ0n) is 24.5. The van der Waals surface area contributed by atoms with Gasteiger partial charge < -0.3 is 34.7 Å². The van der Waals surface area contributed by atoms with E-state index in [0.717, 1.165) is 24.0 Å². The molecule has 2 atom stereocenters. The molecular weight excluding hydrogens is 830 g/mol. The molecule has 238 valence electrons. The first-order valence-electron chi connectivity index (χ1n) is 13.7. The highest BCUT2D eigenvalue weighted by Gasteiger charge is 2.32. The summed E-state index contributed by atoms with van der Waals surface area (Å²) >= 11 is 10.4. The van der Waals surface area contributed by atoms with E-state index in [1.54, 1.807) is 31.3 Å². The molecule has 4 rings (SSSR count). The van der Waals surface area contributed by atoms with Crippen LogP contribution in [0.25, 0.3) is 0 Å². The molecular formula is C31H31ClI2N4O7. The average molecular weight is 861 g/mol. The SMILES string of the molecule is CCOc1cc([C@@H]2NC(=O)NC(C)=C2C(=O)OC)ccc1OC[C@H](O)N/N=C\c1cc(I)c(OCc2ccc(Cl)cc2)c(I)c1. The summed E-state index contributed by atoms with van der Waals surface area (Å²) in [6.07, 6.45) is 0.467. The number of hydrogen-bond donors (Lipinski definition) is 4. The molecule has 0 radical (unpaired) electrons. The Bertz CT molecular complexity index is 1580. The molecule has 14 heteroatoms. The van der Waals surface area contributed by atoms with E-state index in [-0.39, 0.29) is 12.2 Å². The topological polar surface area (TPSA) is 140 Å². The smallest absolute Gasteiger partial charge is 0.337 e. The summed E-state index contributed by atoms with van der Waals surface area (Å²) in [6.45, 7) is 4.06. The van der Waals surface area contributed by atoms with Crippen molar-refractivity contribution >= 4 is 75.0 Å². The van der Waals surface area contributed by atoms with Crippen molar-refractivity contribution in [2.24, 2.45) is 5.10 Å². The summed E-state index contributed by atoms with van der Waals surface area (Å²) in [6, 6.07) is 15.2. The van der Waals surface area contributed by atoms with Crippen molar-refractivity contribution in [3.05, 3.63) is 94.7 Å². The standard InChI is InChI=1S/C31H31ClI2N4O7/c1-4-43-25-13-20(28-27(30(40)42-3)17(2)36-31(41)37-28)7-10-24(25)44-16-26(39)38-35-14-19-11-22(33)29(23(34)12-19)45-15-18-5-8-21(32)9-6-18/h5-14,26,28,38-39H,4,15-16H2,1-3H3,(H2,36,37,41)/b35-14-/t26-,28-/m0/s1. The molecule has 1 aliphatic heterocycles. The van der Waals surface area contributed by atoms with E-state index in [9.17, 15) is 14.7 Å². The van der Waals surface area contributed by atoms with Gasteiger partial charge in [0.1, 0.15) is 19.0 Å². The molecule has 2 amide bonds.